The van der Waals surface area contributed by atoms with E-state index in [1.807, 2.05) is 50.8 Å². The highest BCUT2D eigenvalue weighted by Gasteiger charge is 2.26. The van der Waals surface area contributed by atoms with Crippen LogP contribution in [0.4, 0.5) is 17.3 Å². The first kappa shape index (κ1) is 22.3. The van der Waals surface area contributed by atoms with Gasteiger partial charge in [-0.25, -0.2) is 4.98 Å². The quantitative estimate of drug-likeness (QED) is 0.464. The zero-order valence-electron chi connectivity index (χ0n) is 20.1. The molecule has 3 aromatic heterocycles. The molecule has 5 rings (SSSR count). The second-order valence-electron chi connectivity index (χ2n) is 9.15. The Balaban J connectivity index is 1.53. The maximum Gasteiger partial charge on any atom is 0.244 e. The topological polar surface area (TPSA) is 126 Å². The minimum Gasteiger partial charge on any atom is -0.397 e. The molecule has 0 atom stereocenters. The fraction of sp³-hybridized carbons (Fsp3) is 0.269. The highest BCUT2D eigenvalue weighted by Crippen LogP contribution is 2.35. The molecule has 1 amide bonds. The second-order valence-corrected chi connectivity index (χ2v) is 9.15. The molecule has 1 aliphatic rings. The summed E-state index contributed by atoms with van der Waals surface area (Å²) in [7, 11) is 0. The molecule has 0 saturated carbocycles. The van der Waals surface area contributed by atoms with Gasteiger partial charge in [0.25, 0.3) is 0 Å². The van der Waals surface area contributed by atoms with Gasteiger partial charge >= 0.3 is 0 Å². The molecule has 0 spiro atoms. The lowest BCUT2D eigenvalue weighted by molar-refractivity contribution is -0.136. The summed E-state index contributed by atoms with van der Waals surface area (Å²) in [5, 5.41) is 19.6. The van der Waals surface area contributed by atoms with E-state index in [2.05, 4.69) is 26.5 Å². The molecule has 4 aromatic rings. The average Bonchev–Trinajstić information content (AvgIpc) is 3.20. The molecule has 9 heteroatoms. The van der Waals surface area contributed by atoms with Crippen molar-refractivity contribution >= 4 is 34.0 Å². The third-order valence-electron chi connectivity index (χ3n) is 6.62. The van der Waals surface area contributed by atoms with Crippen LogP contribution in [-0.4, -0.2) is 36.6 Å². The van der Waals surface area contributed by atoms with Crippen LogP contribution in [-0.2, 0) is 17.9 Å². The summed E-state index contributed by atoms with van der Waals surface area (Å²) in [5.41, 5.74) is 11.6. The van der Waals surface area contributed by atoms with Gasteiger partial charge in [0.05, 0.1) is 29.7 Å². The molecule has 0 unspecified atom stereocenters. The number of rotatable bonds is 4. The molecule has 1 aliphatic heterocycles. The Morgan fingerprint density at radius 2 is 1.86 bits per heavy atom. The number of aromatic nitrogens is 4. The lowest BCUT2D eigenvalue weighted by atomic mass is 9.91. The molecule has 9 nitrogen and oxygen atoms in total. The third-order valence-corrected chi connectivity index (χ3v) is 6.62. The van der Waals surface area contributed by atoms with E-state index in [0.29, 0.717) is 29.4 Å². The van der Waals surface area contributed by atoms with Crippen molar-refractivity contribution in [2.45, 2.75) is 46.8 Å². The van der Waals surface area contributed by atoms with Crippen molar-refractivity contribution in [3.63, 3.8) is 0 Å². The Bertz CT molecular complexity index is 1530. The fourth-order valence-corrected chi connectivity index (χ4v) is 4.57. The number of carbonyl (C=O) groups is 1. The minimum absolute atomic E-state index is 0.0635. The van der Waals surface area contributed by atoms with Gasteiger partial charge in [-0.15, -0.1) is 0 Å². The van der Waals surface area contributed by atoms with Crippen LogP contribution in [0, 0.1) is 25.2 Å². The van der Waals surface area contributed by atoms with Crippen molar-refractivity contribution in [1.29, 1.82) is 5.26 Å². The van der Waals surface area contributed by atoms with Crippen molar-refractivity contribution in [3.8, 4) is 17.2 Å². The molecule has 4 heterocycles. The van der Waals surface area contributed by atoms with Crippen LogP contribution < -0.4 is 11.1 Å². The van der Waals surface area contributed by atoms with Crippen LogP contribution in [0.3, 0.4) is 0 Å². The van der Waals surface area contributed by atoms with Crippen molar-refractivity contribution in [2.24, 2.45) is 0 Å². The smallest absolute Gasteiger partial charge is 0.244 e. The number of anilines is 3. The number of fused-ring (bicyclic) bond motifs is 2. The van der Waals surface area contributed by atoms with Crippen LogP contribution in [0.25, 0.3) is 21.9 Å². The van der Waals surface area contributed by atoms with Gasteiger partial charge in [0, 0.05) is 41.0 Å². The summed E-state index contributed by atoms with van der Waals surface area (Å²) in [6, 6.07) is 8.35. The van der Waals surface area contributed by atoms with E-state index < -0.39 is 0 Å². The predicted octanol–water partition coefficient (Wildman–Crippen LogP) is 4.06. The zero-order chi connectivity index (χ0) is 24.9. The number of amides is 1. The monoisotopic (exact) mass is 466 g/mol. The maximum absolute atomic E-state index is 12.4. The molecule has 35 heavy (non-hydrogen) atoms. The Hall–Kier alpha value is -4.45. The summed E-state index contributed by atoms with van der Waals surface area (Å²) >= 11 is 0. The molecule has 3 N–H and O–H groups in total. The summed E-state index contributed by atoms with van der Waals surface area (Å²) in [6.45, 7) is 8.64. The number of hydrogen-bond acceptors (Lipinski definition) is 7. The summed E-state index contributed by atoms with van der Waals surface area (Å²) < 4.78 is 1.74. The summed E-state index contributed by atoms with van der Waals surface area (Å²) in [5.74, 6) is 1.32. The number of nitrogens with zero attached hydrogens (tertiary/aromatic N) is 6. The van der Waals surface area contributed by atoms with E-state index in [0.717, 1.165) is 38.7 Å². The van der Waals surface area contributed by atoms with Crippen LogP contribution >= 0.6 is 0 Å². The van der Waals surface area contributed by atoms with Gasteiger partial charge in [-0.05, 0) is 56.3 Å². The summed E-state index contributed by atoms with van der Waals surface area (Å²) in [4.78, 5) is 23.0. The Labute approximate surface area is 203 Å². The predicted molar refractivity (Wildman–Crippen MR) is 135 cm³/mol. The first-order chi connectivity index (χ1) is 16.8. The number of hydrogen-bond donors (Lipinski definition) is 2. The first-order valence-electron chi connectivity index (χ1n) is 11.4. The largest absolute Gasteiger partial charge is 0.397 e. The Kier molecular flexibility index (Phi) is 5.36. The van der Waals surface area contributed by atoms with Crippen molar-refractivity contribution < 1.29 is 4.79 Å². The Morgan fingerprint density at radius 1 is 1.06 bits per heavy atom. The number of nitrogens with one attached hydrogen (secondary N) is 1. The molecule has 176 valence electrons. The van der Waals surface area contributed by atoms with Crippen molar-refractivity contribution in [2.75, 3.05) is 11.1 Å². The fourth-order valence-electron chi connectivity index (χ4n) is 4.57. The van der Waals surface area contributed by atoms with Gasteiger partial charge in [0.2, 0.25) is 5.91 Å². The minimum atomic E-state index is 0.0635. The molecular weight excluding hydrogens is 440 g/mol. The standard InChI is InChI=1S/C26H26N8O/c1-14(2)33-12-18-7-25(32-34(18)13-26(33)35)31-24-6-17-5-19(22-9-29-11-23(28)16(22)4)20(8-27)15(3)21(17)10-30-24/h5-7,9-11,14H,12-13,28H2,1-4H3,(H,30,31,32). The van der Waals surface area contributed by atoms with Crippen LogP contribution in [0.1, 0.15) is 36.2 Å². The number of nitrogens with two attached hydrogens (primary N) is 1. The number of nitriles is 1. The first-order valence-corrected chi connectivity index (χ1v) is 11.4. The lowest BCUT2D eigenvalue weighted by Crippen LogP contribution is -2.43. The molecule has 0 fully saturated rings. The van der Waals surface area contributed by atoms with Gasteiger partial charge in [0.1, 0.15) is 18.4 Å². The number of benzene rings is 1. The normalized spacial score (nSPS) is 13.3. The molecule has 1 aromatic carbocycles. The van der Waals surface area contributed by atoms with Crippen molar-refractivity contribution in [3.05, 3.63) is 59.2 Å². The van der Waals surface area contributed by atoms with Gasteiger partial charge in [-0.1, -0.05) is 0 Å². The van der Waals surface area contributed by atoms with Crippen molar-refractivity contribution in [1.82, 2.24) is 24.6 Å². The van der Waals surface area contributed by atoms with E-state index in [4.69, 9.17) is 5.73 Å². The molecule has 0 radical (unpaired) electrons. The van der Waals surface area contributed by atoms with Crippen LogP contribution in [0.2, 0.25) is 0 Å². The highest BCUT2D eigenvalue weighted by molar-refractivity contribution is 5.95. The van der Waals surface area contributed by atoms with E-state index in [1.54, 1.807) is 23.3 Å². The number of pyridine rings is 2. The lowest BCUT2D eigenvalue weighted by Gasteiger charge is -2.30. The average molecular weight is 467 g/mol. The van der Waals surface area contributed by atoms with E-state index in [1.165, 1.54) is 0 Å². The van der Waals surface area contributed by atoms with Crippen LogP contribution in [0.15, 0.2) is 36.8 Å². The van der Waals surface area contributed by atoms with Gasteiger partial charge < -0.3 is 16.0 Å². The van der Waals surface area contributed by atoms with Gasteiger partial charge in [-0.3, -0.25) is 14.5 Å². The number of aryl methyl sites for hydroxylation is 1. The molecule has 0 aliphatic carbocycles. The van der Waals surface area contributed by atoms with E-state index in [-0.39, 0.29) is 18.5 Å². The SMILES string of the molecule is Cc1c(N)cncc1-c1cc2cc(Nc3cc4n(n3)CC(=O)N(C(C)C)C4)ncc2c(C)c1C#N. The second kappa shape index (κ2) is 8.40. The van der Waals surface area contributed by atoms with E-state index in [9.17, 15) is 10.1 Å². The molecule has 0 saturated heterocycles. The summed E-state index contributed by atoms with van der Waals surface area (Å²) in [6.07, 6.45) is 5.12. The molecular formula is C26H26N8O. The maximum atomic E-state index is 12.4. The van der Waals surface area contributed by atoms with Gasteiger partial charge in [0.15, 0.2) is 5.82 Å². The van der Waals surface area contributed by atoms with Crippen LogP contribution in [0.5, 0.6) is 0 Å². The van der Waals surface area contributed by atoms with Gasteiger partial charge in [-0.2, -0.15) is 10.4 Å². The highest BCUT2D eigenvalue weighted by atomic mass is 16.2. The Morgan fingerprint density at radius 3 is 2.60 bits per heavy atom. The zero-order valence-corrected chi connectivity index (χ0v) is 20.1. The third kappa shape index (κ3) is 3.83. The number of nitrogen functional groups attached to an aromatic ring is 1. The number of carbonyl (C=O) groups excluding carboxylic acids is 1. The molecule has 0 bridgehead atoms. The van der Waals surface area contributed by atoms with E-state index >= 15 is 0 Å².